The number of fused-ring (bicyclic) bond motifs is 3. The van der Waals surface area contributed by atoms with Gasteiger partial charge in [0.1, 0.15) is 5.75 Å². The fourth-order valence-electron chi connectivity index (χ4n) is 3.30. The molecule has 1 aromatic heterocycles. The molecule has 4 nitrogen and oxygen atoms in total. The highest BCUT2D eigenvalue weighted by molar-refractivity contribution is 5.71. The molecular formula is C17H18N2O2. The van der Waals surface area contributed by atoms with Crippen LogP contribution in [0.3, 0.4) is 0 Å². The fraction of sp³-hybridized carbons (Fsp3) is 0.353. The van der Waals surface area contributed by atoms with Crippen molar-refractivity contribution in [2.75, 3.05) is 24.7 Å². The van der Waals surface area contributed by atoms with E-state index in [-0.39, 0.29) is 5.56 Å². The van der Waals surface area contributed by atoms with Crippen molar-refractivity contribution in [1.29, 1.82) is 0 Å². The molecule has 4 rings (SSSR count). The third kappa shape index (κ3) is 2.02. The number of nitrogens with zero attached hydrogens (tertiary/aromatic N) is 2. The maximum absolute atomic E-state index is 12.5. The standard InChI is InChI=1S/C17H18N2O2/c20-16-8-7-13-9-12-21-15-6-2-1-5-14(15)17(13)19(16)18-10-3-4-11-18/h1-2,5-8H,3-4,9-12H2. The van der Waals surface area contributed by atoms with Gasteiger partial charge in [-0.2, -0.15) is 0 Å². The Balaban J connectivity index is 2.01. The molecular weight excluding hydrogens is 264 g/mol. The molecule has 2 aliphatic heterocycles. The SMILES string of the molecule is O=c1ccc2c(n1N1CCCC1)-c1ccccc1OCC2. The van der Waals surface area contributed by atoms with Crippen LogP contribution in [0, 0.1) is 0 Å². The van der Waals surface area contributed by atoms with Gasteiger partial charge in [0.15, 0.2) is 0 Å². The highest BCUT2D eigenvalue weighted by Crippen LogP contribution is 2.34. The summed E-state index contributed by atoms with van der Waals surface area (Å²) in [6.45, 7) is 2.54. The molecule has 2 aromatic rings. The Bertz CT molecular complexity index is 730. The number of hydrogen-bond acceptors (Lipinski definition) is 3. The molecule has 0 radical (unpaired) electrons. The second-order valence-corrected chi connectivity index (χ2v) is 5.61. The lowest BCUT2D eigenvalue weighted by atomic mass is 10.0. The molecule has 1 aromatic carbocycles. The Labute approximate surface area is 123 Å². The number of pyridine rings is 1. The Morgan fingerprint density at radius 1 is 1.00 bits per heavy atom. The van der Waals surface area contributed by atoms with Crippen LogP contribution in [-0.4, -0.2) is 24.4 Å². The van der Waals surface area contributed by atoms with Crippen LogP contribution in [0.2, 0.25) is 0 Å². The average Bonchev–Trinajstić information content (AvgIpc) is 2.96. The van der Waals surface area contributed by atoms with Gasteiger partial charge in [-0.05, 0) is 30.5 Å². The second kappa shape index (κ2) is 4.95. The minimum atomic E-state index is 0.0485. The average molecular weight is 282 g/mol. The fourth-order valence-corrected chi connectivity index (χ4v) is 3.30. The van der Waals surface area contributed by atoms with Gasteiger partial charge in [-0.25, -0.2) is 4.68 Å². The molecule has 2 aliphatic rings. The molecule has 1 saturated heterocycles. The van der Waals surface area contributed by atoms with Crippen LogP contribution in [0.5, 0.6) is 5.75 Å². The first-order valence-electron chi connectivity index (χ1n) is 7.57. The first-order chi connectivity index (χ1) is 10.3. The van der Waals surface area contributed by atoms with E-state index >= 15 is 0 Å². The van der Waals surface area contributed by atoms with E-state index in [1.165, 1.54) is 5.56 Å². The van der Waals surface area contributed by atoms with Crippen LogP contribution in [0.15, 0.2) is 41.2 Å². The smallest absolute Gasteiger partial charge is 0.269 e. The van der Waals surface area contributed by atoms with Crippen molar-refractivity contribution in [2.45, 2.75) is 19.3 Å². The molecule has 0 aliphatic carbocycles. The molecule has 0 spiro atoms. The Kier molecular flexibility index (Phi) is 2.95. The number of ether oxygens (including phenoxy) is 1. The summed E-state index contributed by atoms with van der Waals surface area (Å²) in [5, 5.41) is 2.17. The van der Waals surface area contributed by atoms with Gasteiger partial charge in [-0.3, -0.25) is 4.79 Å². The lowest BCUT2D eigenvalue weighted by Gasteiger charge is -2.25. The van der Waals surface area contributed by atoms with E-state index in [1.54, 1.807) is 6.07 Å². The number of aromatic nitrogens is 1. The summed E-state index contributed by atoms with van der Waals surface area (Å²) >= 11 is 0. The lowest BCUT2D eigenvalue weighted by Crippen LogP contribution is -2.41. The van der Waals surface area contributed by atoms with Crippen molar-refractivity contribution >= 4 is 0 Å². The zero-order valence-corrected chi connectivity index (χ0v) is 11.9. The molecule has 1 fully saturated rings. The minimum absolute atomic E-state index is 0.0485. The normalized spacial score (nSPS) is 16.9. The molecule has 108 valence electrons. The lowest BCUT2D eigenvalue weighted by molar-refractivity contribution is 0.326. The van der Waals surface area contributed by atoms with Crippen molar-refractivity contribution in [3.8, 4) is 17.0 Å². The summed E-state index contributed by atoms with van der Waals surface area (Å²) in [5.74, 6) is 0.870. The summed E-state index contributed by atoms with van der Waals surface area (Å²) in [6, 6.07) is 11.6. The maximum Gasteiger partial charge on any atom is 0.269 e. The zero-order valence-electron chi connectivity index (χ0n) is 11.9. The van der Waals surface area contributed by atoms with E-state index in [9.17, 15) is 4.79 Å². The van der Waals surface area contributed by atoms with Gasteiger partial charge in [0.2, 0.25) is 0 Å². The maximum atomic E-state index is 12.5. The molecule has 0 saturated carbocycles. The van der Waals surface area contributed by atoms with Crippen LogP contribution >= 0.6 is 0 Å². The van der Waals surface area contributed by atoms with Gasteiger partial charge in [-0.15, -0.1) is 0 Å². The summed E-state index contributed by atoms with van der Waals surface area (Å²) in [6.07, 6.45) is 3.13. The van der Waals surface area contributed by atoms with E-state index in [2.05, 4.69) is 5.01 Å². The highest BCUT2D eigenvalue weighted by Gasteiger charge is 2.23. The van der Waals surface area contributed by atoms with Gasteiger partial charge in [0.25, 0.3) is 5.56 Å². The third-order valence-electron chi connectivity index (χ3n) is 4.29. The van der Waals surface area contributed by atoms with Crippen LogP contribution in [0.1, 0.15) is 18.4 Å². The van der Waals surface area contributed by atoms with Crippen LogP contribution in [-0.2, 0) is 6.42 Å². The van der Waals surface area contributed by atoms with Crippen molar-refractivity contribution in [2.24, 2.45) is 0 Å². The molecule has 0 amide bonds. The van der Waals surface area contributed by atoms with Gasteiger partial charge in [-0.1, -0.05) is 18.2 Å². The first kappa shape index (κ1) is 12.5. The van der Waals surface area contributed by atoms with Crippen molar-refractivity contribution in [3.05, 3.63) is 52.3 Å². The number of rotatable bonds is 1. The van der Waals surface area contributed by atoms with Crippen LogP contribution in [0.4, 0.5) is 0 Å². The van der Waals surface area contributed by atoms with Crippen molar-refractivity contribution in [1.82, 2.24) is 4.68 Å². The van der Waals surface area contributed by atoms with Crippen molar-refractivity contribution in [3.63, 3.8) is 0 Å². The van der Waals surface area contributed by atoms with Gasteiger partial charge < -0.3 is 9.75 Å². The van der Waals surface area contributed by atoms with Gasteiger partial charge in [0, 0.05) is 31.1 Å². The summed E-state index contributed by atoms with van der Waals surface area (Å²) in [4.78, 5) is 12.5. The predicted molar refractivity (Wildman–Crippen MR) is 82.5 cm³/mol. The summed E-state index contributed by atoms with van der Waals surface area (Å²) in [7, 11) is 0. The largest absolute Gasteiger partial charge is 0.493 e. The summed E-state index contributed by atoms with van der Waals surface area (Å²) in [5.41, 5.74) is 3.27. The Hall–Kier alpha value is -2.23. The van der Waals surface area contributed by atoms with E-state index in [1.807, 2.05) is 35.0 Å². The number of benzene rings is 1. The van der Waals surface area contributed by atoms with E-state index in [0.717, 1.165) is 49.4 Å². The molecule has 0 N–H and O–H groups in total. The van der Waals surface area contributed by atoms with Crippen LogP contribution < -0.4 is 15.3 Å². The third-order valence-corrected chi connectivity index (χ3v) is 4.29. The molecule has 3 heterocycles. The van der Waals surface area contributed by atoms with Crippen LogP contribution in [0.25, 0.3) is 11.3 Å². The number of para-hydroxylation sites is 1. The van der Waals surface area contributed by atoms with E-state index < -0.39 is 0 Å². The molecule has 0 atom stereocenters. The molecule has 0 bridgehead atoms. The van der Waals surface area contributed by atoms with Gasteiger partial charge >= 0.3 is 0 Å². The first-order valence-corrected chi connectivity index (χ1v) is 7.57. The molecule has 21 heavy (non-hydrogen) atoms. The van der Waals surface area contributed by atoms with Crippen molar-refractivity contribution < 1.29 is 4.74 Å². The molecule has 0 unspecified atom stereocenters. The van der Waals surface area contributed by atoms with E-state index in [0.29, 0.717) is 6.61 Å². The molecule has 4 heteroatoms. The topological polar surface area (TPSA) is 34.5 Å². The zero-order chi connectivity index (χ0) is 14.2. The summed E-state index contributed by atoms with van der Waals surface area (Å²) < 4.78 is 7.73. The Morgan fingerprint density at radius 3 is 2.67 bits per heavy atom. The monoisotopic (exact) mass is 282 g/mol. The van der Waals surface area contributed by atoms with E-state index in [4.69, 9.17) is 4.74 Å². The number of hydrogen-bond donors (Lipinski definition) is 0. The second-order valence-electron chi connectivity index (χ2n) is 5.61. The highest BCUT2D eigenvalue weighted by atomic mass is 16.5. The Morgan fingerprint density at radius 2 is 1.81 bits per heavy atom. The predicted octanol–water partition coefficient (Wildman–Crippen LogP) is 2.18. The quantitative estimate of drug-likeness (QED) is 0.804. The minimum Gasteiger partial charge on any atom is -0.493 e. The van der Waals surface area contributed by atoms with Gasteiger partial charge in [0.05, 0.1) is 12.3 Å².